The highest BCUT2D eigenvalue weighted by molar-refractivity contribution is 5.54. The third-order valence-corrected chi connectivity index (χ3v) is 2.97. The molecule has 0 aromatic carbocycles. The van der Waals surface area contributed by atoms with Gasteiger partial charge in [0.25, 0.3) is 0 Å². The molecule has 1 aromatic heterocycles. The van der Waals surface area contributed by atoms with Gasteiger partial charge in [-0.3, -0.25) is 0 Å². The Balaban J connectivity index is 2.55. The summed E-state index contributed by atoms with van der Waals surface area (Å²) in [7, 11) is 2.11. The molecule has 0 aliphatic carbocycles. The molecule has 0 atom stereocenters. The van der Waals surface area contributed by atoms with E-state index in [1.165, 1.54) is 6.33 Å². The smallest absolute Gasteiger partial charge is 0.134 e. The van der Waals surface area contributed by atoms with Gasteiger partial charge >= 0.3 is 0 Å². The molecule has 5 heteroatoms. The van der Waals surface area contributed by atoms with E-state index in [-0.39, 0.29) is 0 Å². The number of nitrogens with zero attached hydrogens (tertiary/aromatic N) is 3. The van der Waals surface area contributed by atoms with Gasteiger partial charge in [0.2, 0.25) is 0 Å². The number of anilines is 2. The highest BCUT2D eigenvalue weighted by Gasteiger charge is 2.07. The van der Waals surface area contributed by atoms with Gasteiger partial charge in [0, 0.05) is 24.7 Å². The Kier molecular flexibility index (Phi) is 5.15. The molecule has 1 aromatic rings. The second kappa shape index (κ2) is 6.39. The van der Waals surface area contributed by atoms with Crippen molar-refractivity contribution in [2.45, 2.75) is 33.2 Å². The second-order valence-corrected chi connectivity index (χ2v) is 4.44. The monoisotopic (exact) mass is 237 g/mol. The third-order valence-electron chi connectivity index (χ3n) is 2.97. The zero-order valence-corrected chi connectivity index (χ0v) is 11.2. The molecule has 1 rings (SSSR count). The van der Waals surface area contributed by atoms with Crippen molar-refractivity contribution in [1.29, 1.82) is 0 Å². The SMILES string of the molecule is CCc1c(N)ncnc1NCCN(C)C(C)C. The van der Waals surface area contributed by atoms with E-state index in [1.807, 2.05) is 0 Å². The fraction of sp³-hybridized carbons (Fsp3) is 0.667. The van der Waals surface area contributed by atoms with Crippen molar-refractivity contribution in [3.05, 3.63) is 11.9 Å². The fourth-order valence-corrected chi connectivity index (χ4v) is 1.54. The first-order valence-electron chi connectivity index (χ1n) is 6.09. The van der Waals surface area contributed by atoms with E-state index in [4.69, 9.17) is 5.73 Å². The van der Waals surface area contributed by atoms with Crippen molar-refractivity contribution in [2.24, 2.45) is 0 Å². The van der Waals surface area contributed by atoms with Gasteiger partial charge in [0.1, 0.15) is 18.0 Å². The summed E-state index contributed by atoms with van der Waals surface area (Å²) in [6, 6.07) is 0.554. The Morgan fingerprint density at radius 2 is 2.12 bits per heavy atom. The van der Waals surface area contributed by atoms with Crippen LogP contribution in [0.2, 0.25) is 0 Å². The highest BCUT2D eigenvalue weighted by Crippen LogP contribution is 2.16. The van der Waals surface area contributed by atoms with Crippen LogP contribution in [0.5, 0.6) is 0 Å². The Morgan fingerprint density at radius 1 is 1.41 bits per heavy atom. The molecule has 3 N–H and O–H groups in total. The van der Waals surface area contributed by atoms with Gasteiger partial charge in [-0.15, -0.1) is 0 Å². The van der Waals surface area contributed by atoms with Gasteiger partial charge in [0.05, 0.1) is 0 Å². The van der Waals surface area contributed by atoms with Crippen LogP contribution in [0.15, 0.2) is 6.33 Å². The number of aromatic nitrogens is 2. The van der Waals surface area contributed by atoms with Gasteiger partial charge in [-0.25, -0.2) is 9.97 Å². The van der Waals surface area contributed by atoms with Crippen LogP contribution in [-0.2, 0) is 6.42 Å². The standard InChI is InChI=1S/C12H23N5/c1-5-10-11(13)15-8-16-12(10)14-6-7-17(4)9(2)3/h8-9H,5-7H2,1-4H3,(H3,13,14,15,16). The number of nitrogens with one attached hydrogen (secondary N) is 1. The molecule has 0 saturated heterocycles. The molecule has 0 bridgehead atoms. The molecule has 96 valence electrons. The Hall–Kier alpha value is -1.36. The van der Waals surface area contributed by atoms with E-state index < -0.39 is 0 Å². The number of likely N-dealkylation sites (N-methyl/N-ethyl adjacent to an activating group) is 1. The van der Waals surface area contributed by atoms with Crippen LogP contribution in [0.4, 0.5) is 11.6 Å². The summed E-state index contributed by atoms with van der Waals surface area (Å²) >= 11 is 0. The van der Waals surface area contributed by atoms with Crippen molar-refractivity contribution >= 4 is 11.6 Å². The Labute approximate surface area is 103 Å². The summed E-state index contributed by atoms with van der Waals surface area (Å²) in [5.74, 6) is 1.43. The third kappa shape index (κ3) is 3.85. The number of hydrogen-bond acceptors (Lipinski definition) is 5. The summed E-state index contributed by atoms with van der Waals surface area (Å²) in [4.78, 5) is 10.5. The predicted molar refractivity (Wildman–Crippen MR) is 72.1 cm³/mol. The summed E-state index contributed by atoms with van der Waals surface area (Å²) in [5.41, 5.74) is 6.81. The quantitative estimate of drug-likeness (QED) is 0.782. The van der Waals surface area contributed by atoms with Crippen molar-refractivity contribution in [3.8, 4) is 0 Å². The predicted octanol–water partition coefficient (Wildman–Crippen LogP) is 1.37. The first-order chi connectivity index (χ1) is 8.06. The summed E-state index contributed by atoms with van der Waals surface area (Å²) < 4.78 is 0. The highest BCUT2D eigenvalue weighted by atomic mass is 15.1. The lowest BCUT2D eigenvalue weighted by Gasteiger charge is -2.21. The summed E-state index contributed by atoms with van der Waals surface area (Å²) in [5, 5.41) is 3.32. The number of nitrogens with two attached hydrogens (primary N) is 1. The van der Waals surface area contributed by atoms with Gasteiger partial charge in [-0.2, -0.15) is 0 Å². The van der Waals surface area contributed by atoms with Crippen molar-refractivity contribution < 1.29 is 0 Å². The van der Waals surface area contributed by atoms with Crippen molar-refractivity contribution in [3.63, 3.8) is 0 Å². The lowest BCUT2D eigenvalue weighted by atomic mass is 10.2. The average molecular weight is 237 g/mol. The minimum absolute atomic E-state index is 0.554. The summed E-state index contributed by atoms with van der Waals surface area (Å²) in [6.07, 6.45) is 2.35. The molecular weight excluding hydrogens is 214 g/mol. The molecule has 0 aliphatic rings. The maximum atomic E-state index is 5.81. The molecule has 0 fully saturated rings. The zero-order valence-electron chi connectivity index (χ0n) is 11.2. The largest absolute Gasteiger partial charge is 0.383 e. The molecule has 1 heterocycles. The molecule has 0 aliphatic heterocycles. The second-order valence-electron chi connectivity index (χ2n) is 4.44. The molecule has 5 nitrogen and oxygen atoms in total. The van der Waals surface area contributed by atoms with Crippen LogP contribution < -0.4 is 11.1 Å². The van der Waals surface area contributed by atoms with E-state index in [1.54, 1.807) is 0 Å². The number of nitrogen functional groups attached to an aromatic ring is 1. The van der Waals surface area contributed by atoms with E-state index in [2.05, 4.69) is 48.0 Å². The molecule has 17 heavy (non-hydrogen) atoms. The van der Waals surface area contributed by atoms with Crippen LogP contribution in [0.1, 0.15) is 26.3 Å². The zero-order chi connectivity index (χ0) is 12.8. The molecule has 0 radical (unpaired) electrons. The van der Waals surface area contributed by atoms with Crippen LogP contribution in [0, 0.1) is 0 Å². The van der Waals surface area contributed by atoms with Gasteiger partial charge in [-0.1, -0.05) is 6.92 Å². The Morgan fingerprint density at radius 3 is 2.71 bits per heavy atom. The van der Waals surface area contributed by atoms with E-state index in [0.29, 0.717) is 11.9 Å². The normalized spacial score (nSPS) is 11.2. The van der Waals surface area contributed by atoms with Crippen molar-refractivity contribution in [2.75, 3.05) is 31.2 Å². The molecule has 0 spiro atoms. The average Bonchev–Trinajstić information content (AvgIpc) is 2.29. The van der Waals surface area contributed by atoms with Crippen LogP contribution >= 0.6 is 0 Å². The fourth-order valence-electron chi connectivity index (χ4n) is 1.54. The van der Waals surface area contributed by atoms with E-state index in [9.17, 15) is 0 Å². The van der Waals surface area contributed by atoms with Crippen LogP contribution in [-0.4, -0.2) is 41.0 Å². The lowest BCUT2D eigenvalue weighted by Crippen LogP contribution is -2.31. The van der Waals surface area contributed by atoms with Crippen molar-refractivity contribution in [1.82, 2.24) is 14.9 Å². The minimum Gasteiger partial charge on any atom is -0.383 e. The first kappa shape index (κ1) is 13.7. The molecule has 0 saturated carbocycles. The van der Waals surface area contributed by atoms with Crippen LogP contribution in [0.3, 0.4) is 0 Å². The van der Waals surface area contributed by atoms with Gasteiger partial charge in [0.15, 0.2) is 0 Å². The maximum Gasteiger partial charge on any atom is 0.134 e. The van der Waals surface area contributed by atoms with Gasteiger partial charge < -0.3 is 16.0 Å². The Bertz CT molecular complexity index is 351. The van der Waals surface area contributed by atoms with Gasteiger partial charge in [-0.05, 0) is 27.3 Å². The molecule has 0 amide bonds. The minimum atomic E-state index is 0.554. The molecular formula is C12H23N5. The number of hydrogen-bond donors (Lipinski definition) is 2. The first-order valence-corrected chi connectivity index (χ1v) is 6.09. The summed E-state index contributed by atoms with van der Waals surface area (Å²) in [6.45, 7) is 8.25. The topological polar surface area (TPSA) is 67.1 Å². The van der Waals surface area contributed by atoms with E-state index in [0.717, 1.165) is 30.9 Å². The lowest BCUT2D eigenvalue weighted by molar-refractivity contribution is 0.284. The van der Waals surface area contributed by atoms with Crippen LogP contribution in [0.25, 0.3) is 0 Å². The molecule has 0 unspecified atom stereocenters. The maximum absolute atomic E-state index is 5.81. The van der Waals surface area contributed by atoms with E-state index >= 15 is 0 Å². The number of rotatable bonds is 6.